The van der Waals surface area contributed by atoms with Crippen molar-refractivity contribution in [3.05, 3.63) is 11.2 Å². The molecule has 56 valence electrons. The molecule has 0 aromatic carbocycles. The van der Waals surface area contributed by atoms with Gasteiger partial charge in [-0.3, -0.25) is 0 Å². The Labute approximate surface area is 59.9 Å². The summed E-state index contributed by atoms with van der Waals surface area (Å²) in [6.45, 7) is 0. The molecule has 0 spiro atoms. The highest BCUT2D eigenvalue weighted by molar-refractivity contribution is 5.60. The first-order valence-electron chi connectivity index (χ1n) is 2.89. The Kier molecular flexibility index (Phi) is 0.945. The van der Waals surface area contributed by atoms with Gasteiger partial charge in [-0.25, -0.2) is 4.98 Å². The fourth-order valence-electron chi connectivity index (χ4n) is 0.811. The monoisotopic (exact) mass is 153 g/mol. The average molecular weight is 153 g/mol. The molecule has 2 aromatic rings. The molecule has 0 aliphatic heterocycles. The maximum Gasteiger partial charge on any atom is 0.392 e. The van der Waals surface area contributed by atoms with Crippen molar-refractivity contribution >= 4 is 17.2 Å². The third-order valence-electron chi connectivity index (χ3n) is 1.25. The van der Waals surface area contributed by atoms with Crippen LogP contribution in [0.25, 0.3) is 11.3 Å². The molecule has 0 atom stereocenters. The Morgan fingerprint density at radius 2 is 2.45 bits per heavy atom. The van der Waals surface area contributed by atoms with E-state index in [1.54, 1.807) is 0 Å². The highest BCUT2D eigenvalue weighted by atomic mass is 16.3. The molecule has 0 bridgehead atoms. The minimum atomic E-state index is 0.0413. The maximum atomic E-state index is 10.9. The third-order valence-corrected chi connectivity index (χ3v) is 1.25. The van der Waals surface area contributed by atoms with Crippen molar-refractivity contribution in [1.29, 1.82) is 0 Å². The van der Waals surface area contributed by atoms with E-state index in [9.17, 15) is 4.91 Å². The lowest BCUT2D eigenvalue weighted by molar-refractivity contribution is -0.537. The van der Waals surface area contributed by atoms with Crippen molar-refractivity contribution in [2.75, 3.05) is 5.73 Å². The van der Waals surface area contributed by atoms with Crippen molar-refractivity contribution in [3.8, 4) is 0 Å². The second kappa shape index (κ2) is 1.78. The minimum Gasteiger partial charge on any atom is -0.367 e. The van der Waals surface area contributed by atoms with Crippen LogP contribution in [0.4, 0.5) is 5.95 Å². The van der Waals surface area contributed by atoms with Gasteiger partial charge in [0.25, 0.3) is 5.65 Å². The van der Waals surface area contributed by atoms with Crippen LogP contribution in [-0.2, 0) is 0 Å². The lowest BCUT2D eigenvalue weighted by atomic mass is 10.7. The van der Waals surface area contributed by atoms with Crippen molar-refractivity contribution < 1.29 is 4.54 Å². The fourth-order valence-corrected chi connectivity index (χ4v) is 0.811. The first kappa shape index (κ1) is 5.83. The van der Waals surface area contributed by atoms with Gasteiger partial charge in [-0.15, -0.1) is 0 Å². The molecule has 0 aliphatic rings. The smallest absolute Gasteiger partial charge is 0.367 e. The second-order valence-corrected chi connectivity index (χ2v) is 1.98. The molecule has 0 aliphatic carbocycles. The van der Waals surface area contributed by atoms with Gasteiger partial charge in [0.1, 0.15) is 0 Å². The number of hydrogen-bond donors (Lipinski definition) is 3. The zero-order chi connectivity index (χ0) is 7.84. The molecule has 0 radical (unpaired) electrons. The molecular weight excluding hydrogens is 148 g/mol. The first-order chi connectivity index (χ1) is 5.27. The highest BCUT2D eigenvalue weighted by Crippen LogP contribution is 1.97. The summed E-state index contributed by atoms with van der Waals surface area (Å²) >= 11 is 0. The third kappa shape index (κ3) is 0.741. The van der Waals surface area contributed by atoms with Crippen LogP contribution in [0.5, 0.6) is 0 Å². The highest BCUT2D eigenvalue weighted by Gasteiger charge is 2.09. The molecule has 0 fully saturated rings. The summed E-state index contributed by atoms with van der Waals surface area (Å²) < 4.78 is 0.477. The number of aromatic amines is 2. The Hall–Kier alpha value is -1.92. The topological polar surface area (TPSA) is 106 Å². The number of imidazole rings is 1. The van der Waals surface area contributed by atoms with E-state index in [-0.39, 0.29) is 11.6 Å². The van der Waals surface area contributed by atoms with Crippen LogP contribution in [0.15, 0.2) is 6.33 Å². The van der Waals surface area contributed by atoms with E-state index in [1.807, 2.05) is 0 Å². The van der Waals surface area contributed by atoms with Gasteiger partial charge in [0.15, 0.2) is 6.33 Å². The van der Waals surface area contributed by atoms with Gasteiger partial charge >= 0.3 is 5.65 Å². The number of nitrogens with zero attached hydrogens (tertiary/aromatic N) is 3. The Balaban J connectivity index is 3.02. The van der Waals surface area contributed by atoms with Crippen molar-refractivity contribution in [2.45, 2.75) is 0 Å². The zero-order valence-corrected chi connectivity index (χ0v) is 5.40. The van der Waals surface area contributed by atoms with E-state index in [0.717, 1.165) is 0 Å². The minimum absolute atomic E-state index is 0.0413. The summed E-state index contributed by atoms with van der Waals surface area (Å²) in [6.07, 6.45) is 1.37. The van der Waals surface area contributed by atoms with E-state index < -0.39 is 0 Å². The lowest BCUT2D eigenvalue weighted by Crippen LogP contribution is -2.23. The Morgan fingerprint density at radius 3 is 3.27 bits per heavy atom. The number of hydrogen-bond acceptors (Lipinski definition) is 4. The van der Waals surface area contributed by atoms with Gasteiger partial charge in [0.05, 0.1) is 4.54 Å². The van der Waals surface area contributed by atoms with Crippen molar-refractivity contribution in [2.24, 2.45) is 0 Å². The quantitative estimate of drug-likeness (QED) is 0.412. The van der Waals surface area contributed by atoms with Gasteiger partial charge in [-0.2, -0.15) is 15.1 Å². The Bertz CT molecular complexity index is 441. The predicted molar refractivity (Wildman–Crippen MR) is 36.0 cm³/mol. The molecule has 7 heteroatoms. The van der Waals surface area contributed by atoms with Crippen LogP contribution in [0.3, 0.4) is 0 Å². The molecule has 4 N–H and O–H groups in total. The fraction of sp³-hybridized carbons (Fsp3) is 0. The summed E-state index contributed by atoms with van der Waals surface area (Å²) in [5.41, 5.74) is 5.81. The first-order valence-corrected chi connectivity index (χ1v) is 2.89. The van der Waals surface area contributed by atoms with Crippen LogP contribution in [0.2, 0.25) is 0 Å². The van der Waals surface area contributed by atoms with Gasteiger partial charge in [0.2, 0.25) is 5.95 Å². The van der Waals surface area contributed by atoms with E-state index in [0.29, 0.717) is 10.2 Å². The molecule has 0 unspecified atom stereocenters. The van der Waals surface area contributed by atoms with E-state index in [1.165, 1.54) is 6.33 Å². The van der Waals surface area contributed by atoms with Gasteiger partial charge in [-0.05, 0) is 4.91 Å². The number of anilines is 1. The molecule has 2 rings (SSSR count). The normalized spacial score (nSPS) is 10.5. The van der Waals surface area contributed by atoms with E-state index in [4.69, 9.17) is 5.73 Å². The molecule has 11 heavy (non-hydrogen) atoms. The predicted octanol–water partition coefficient (Wildman–Crippen LogP) is -1.22. The largest absolute Gasteiger partial charge is 0.392 e. The summed E-state index contributed by atoms with van der Waals surface area (Å²) in [4.78, 5) is 21.0. The molecule has 7 nitrogen and oxygen atoms in total. The number of nitrogen functional groups attached to an aromatic ring is 1. The van der Waals surface area contributed by atoms with Crippen LogP contribution >= 0.6 is 0 Å². The van der Waals surface area contributed by atoms with E-state index in [2.05, 4.69) is 20.1 Å². The number of nitrogens with one attached hydrogen (secondary N) is 2. The van der Waals surface area contributed by atoms with Crippen LogP contribution in [0.1, 0.15) is 0 Å². The standard InChI is InChI=1S/C4H5N6O/c5-4-8-2-3(7-1-6-2)10(11)9-4/h1H,(H4,5,6,7,8,9,11)/q+1. The Morgan fingerprint density at radius 1 is 1.64 bits per heavy atom. The summed E-state index contributed by atoms with van der Waals surface area (Å²) in [5, 5.41) is 2.26. The molecular formula is C4H5N6O+. The van der Waals surface area contributed by atoms with Crippen molar-refractivity contribution in [3.63, 3.8) is 0 Å². The average Bonchev–Trinajstić information content (AvgIpc) is 2.34. The van der Waals surface area contributed by atoms with Crippen LogP contribution < -0.4 is 10.3 Å². The molecule has 2 aromatic heterocycles. The number of nitrogens with two attached hydrogens (primary N) is 1. The summed E-state index contributed by atoms with van der Waals surface area (Å²) in [7, 11) is 0. The number of aromatic nitrogens is 5. The molecule has 0 saturated heterocycles. The lowest BCUT2D eigenvalue weighted by Gasteiger charge is -1.84. The molecule has 0 saturated carbocycles. The van der Waals surface area contributed by atoms with Gasteiger partial charge in [-0.1, -0.05) is 0 Å². The number of H-pyrrole nitrogens is 2. The zero-order valence-electron chi connectivity index (χ0n) is 5.40. The summed E-state index contributed by atoms with van der Waals surface area (Å²) in [6, 6.07) is 0. The van der Waals surface area contributed by atoms with Gasteiger partial charge in [0, 0.05) is 0 Å². The van der Waals surface area contributed by atoms with Crippen LogP contribution in [-0.4, -0.2) is 20.1 Å². The second-order valence-electron chi connectivity index (χ2n) is 1.98. The number of fused-ring (bicyclic) bond motifs is 1. The number of rotatable bonds is 0. The van der Waals surface area contributed by atoms with E-state index >= 15 is 0 Å². The summed E-state index contributed by atoms with van der Waals surface area (Å²) in [5.74, 6) is 0.0413. The van der Waals surface area contributed by atoms with Gasteiger partial charge < -0.3 is 5.73 Å². The van der Waals surface area contributed by atoms with Crippen LogP contribution in [0, 0.1) is 4.91 Å². The molecule has 0 amide bonds. The molecule has 2 heterocycles. The maximum absolute atomic E-state index is 10.9. The SMILES string of the molecule is Nc1nc2nc[nH]c2[n+](=O)[nH]1. The van der Waals surface area contributed by atoms with Crippen molar-refractivity contribution in [1.82, 2.24) is 20.1 Å².